The van der Waals surface area contributed by atoms with Crippen molar-refractivity contribution < 1.29 is 26.0 Å². The fraction of sp³-hybridized carbons (Fsp3) is 0.476. The summed E-state index contributed by atoms with van der Waals surface area (Å²) in [6.45, 7) is 13.3. The van der Waals surface area contributed by atoms with Crippen molar-refractivity contribution in [2.24, 2.45) is 11.0 Å². The van der Waals surface area contributed by atoms with E-state index in [9.17, 15) is 26.0 Å². The molecule has 0 aromatic carbocycles. The van der Waals surface area contributed by atoms with Crippen LogP contribution in [-0.4, -0.2) is 43.4 Å². The Morgan fingerprint density at radius 3 is 2.13 bits per heavy atom. The van der Waals surface area contributed by atoms with E-state index in [-0.39, 0.29) is 18.9 Å². The highest BCUT2D eigenvalue weighted by molar-refractivity contribution is 7.91. The number of hydrogen-bond donors (Lipinski definition) is 0. The van der Waals surface area contributed by atoms with Crippen molar-refractivity contribution in [1.29, 1.82) is 0 Å². The molecule has 0 aromatic heterocycles. The molecule has 0 heterocycles. The average Bonchev–Trinajstić information content (AvgIpc) is 2.63. The second-order valence-corrected chi connectivity index (χ2v) is 9.65. The molecule has 0 amide bonds. The smallest absolute Gasteiger partial charge is 0.257 e. The van der Waals surface area contributed by atoms with Crippen LogP contribution in [0.2, 0.25) is 0 Å². The van der Waals surface area contributed by atoms with E-state index in [0.29, 0.717) is 37.0 Å². The van der Waals surface area contributed by atoms with Crippen LogP contribution in [0.4, 0.5) is 17.6 Å². The summed E-state index contributed by atoms with van der Waals surface area (Å²) >= 11 is 0. The van der Waals surface area contributed by atoms with Gasteiger partial charge in [0.05, 0.1) is 11.8 Å². The van der Waals surface area contributed by atoms with E-state index in [2.05, 4.69) is 31.4 Å². The molecule has 1 saturated carbocycles. The van der Waals surface area contributed by atoms with Gasteiger partial charge in [0, 0.05) is 18.4 Å². The largest absolute Gasteiger partial charge is 0.432 e. The third-order valence-electron chi connectivity index (χ3n) is 4.85. The first-order valence-electron chi connectivity index (χ1n) is 9.36. The molecule has 0 bridgehead atoms. The maximum atomic E-state index is 13.2. The molecule has 0 spiro atoms. The van der Waals surface area contributed by atoms with Crippen molar-refractivity contribution in [3.05, 3.63) is 61.6 Å². The molecule has 1 aliphatic rings. The van der Waals surface area contributed by atoms with Gasteiger partial charge in [-0.3, -0.25) is 5.01 Å². The summed E-state index contributed by atoms with van der Waals surface area (Å²) in [5, 5.41) is 4.47. The third-order valence-corrected chi connectivity index (χ3v) is 6.53. The lowest BCUT2D eigenvalue weighted by molar-refractivity contribution is -0.110. The van der Waals surface area contributed by atoms with Gasteiger partial charge in [0.1, 0.15) is 21.4 Å². The predicted octanol–water partition coefficient (Wildman–Crippen LogP) is 5.50. The monoisotopic (exact) mass is 448 g/mol. The van der Waals surface area contributed by atoms with E-state index in [1.54, 1.807) is 0 Å². The number of alkyl halides is 3. The molecule has 0 unspecified atom stereocenters. The molecular formula is C21H28F4N2O2S. The van der Waals surface area contributed by atoms with Crippen LogP contribution in [-0.2, 0) is 9.84 Å². The van der Waals surface area contributed by atoms with Crippen LogP contribution in [0.15, 0.2) is 66.7 Å². The highest BCUT2D eigenvalue weighted by atomic mass is 32.2. The van der Waals surface area contributed by atoms with Gasteiger partial charge in [0.25, 0.3) is 0 Å². The zero-order valence-electron chi connectivity index (χ0n) is 17.1. The Labute approximate surface area is 175 Å². The minimum Gasteiger partial charge on any atom is -0.257 e. The molecule has 1 fully saturated rings. The van der Waals surface area contributed by atoms with E-state index < -0.39 is 32.8 Å². The van der Waals surface area contributed by atoms with Crippen molar-refractivity contribution in [2.75, 3.05) is 12.8 Å². The zero-order valence-corrected chi connectivity index (χ0v) is 17.9. The van der Waals surface area contributed by atoms with Gasteiger partial charge in [0.15, 0.2) is 0 Å². The first-order valence-corrected chi connectivity index (χ1v) is 11.3. The summed E-state index contributed by atoms with van der Waals surface area (Å²) in [5.74, 6) is -0.905. The second-order valence-electron chi connectivity index (χ2n) is 7.32. The van der Waals surface area contributed by atoms with E-state index in [1.165, 1.54) is 18.4 Å². The molecule has 30 heavy (non-hydrogen) atoms. The van der Waals surface area contributed by atoms with E-state index in [1.807, 2.05) is 0 Å². The second kappa shape index (κ2) is 10.7. The van der Waals surface area contributed by atoms with Gasteiger partial charge in [0.2, 0.25) is 0 Å². The van der Waals surface area contributed by atoms with Gasteiger partial charge < -0.3 is 0 Å². The maximum Gasteiger partial charge on any atom is 0.432 e. The summed E-state index contributed by atoms with van der Waals surface area (Å²) < 4.78 is 76.0. The van der Waals surface area contributed by atoms with E-state index >= 15 is 0 Å². The number of sulfone groups is 1. The zero-order chi connectivity index (χ0) is 23.1. The number of hydrazone groups is 1. The van der Waals surface area contributed by atoms with Gasteiger partial charge in [-0.1, -0.05) is 31.9 Å². The van der Waals surface area contributed by atoms with E-state index in [0.717, 1.165) is 11.1 Å². The quantitative estimate of drug-likeness (QED) is 0.146. The number of nitrogens with zero attached hydrogens (tertiary/aromatic N) is 2. The van der Waals surface area contributed by atoms with Gasteiger partial charge in [-0.05, 0) is 43.3 Å². The highest BCUT2D eigenvalue weighted by Crippen LogP contribution is 2.33. The number of rotatable bonds is 10. The Kier molecular flexibility index (Phi) is 9.27. The molecule has 9 heteroatoms. The minimum atomic E-state index is -4.67. The topological polar surface area (TPSA) is 49.7 Å². The van der Waals surface area contributed by atoms with Crippen LogP contribution in [0.1, 0.15) is 32.1 Å². The Bertz CT molecular complexity index is 834. The summed E-state index contributed by atoms with van der Waals surface area (Å²) in [4.78, 5) is 0. The lowest BCUT2D eigenvalue weighted by Crippen LogP contribution is -2.33. The first kappa shape index (κ1) is 25.9. The fourth-order valence-corrected chi connectivity index (χ4v) is 4.35. The molecule has 0 aliphatic heterocycles. The van der Waals surface area contributed by atoms with Gasteiger partial charge in [-0.25, -0.2) is 12.8 Å². The number of allylic oxidation sites excluding steroid dienone is 5. The van der Waals surface area contributed by atoms with Crippen LogP contribution in [0.3, 0.4) is 0 Å². The van der Waals surface area contributed by atoms with Crippen molar-refractivity contribution >= 4 is 15.5 Å². The molecule has 0 atom stereocenters. The summed E-state index contributed by atoms with van der Waals surface area (Å²) in [5.41, 5.74) is -0.287. The maximum absolute atomic E-state index is 13.2. The molecular weight excluding hydrogens is 420 g/mol. The summed E-state index contributed by atoms with van der Waals surface area (Å²) in [6.07, 6.45) is 2.11. The van der Waals surface area contributed by atoms with E-state index in [4.69, 9.17) is 0 Å². The van der Waals surface area contributed by atoms with Crippen molar-refractivity contribution in [1.82, 2.24) is 5.01 Å². The van der Waals surface area contributed by atoms with Gasteiger partial charge in [-0.2, -0.15) is 18.3 Å². The lowest BCUT2D eigenvalue weighted by atomic mass is 9.83. The lowest BCUT2D eigenvalue weighted by Gasteiger charge is -2.30. The normalized spacial score (nSPS) is 20.8. The molecule has 1 rings (SSSR count). The van der Waals surface area contributed by atoms with Crippen LogP contribution < -0.4 is 0 Å². The van der Waals surface area contributed by atoms with Crippen LogP contribution >= 0.6 is 0 Å². The average molecular weight is 449 g/mol. The first-order chi connectivity index (χ1) is 13.8. The number of halogens is 4. The third kappa shape index (κ3) is 8.30. The van der Waals surface area contributed by atoms with Crippen LogP contribution in [0, 0.1) is 5.92 Å². The predicted molar refractivity (Wildman–Crippen MR) is 113 cm³/mol. The van der Waals surface area contributed by atoms with Crippen molar-refractivity contribution in [3.63, 3.8) is 0 Å². The van der Waals surface area contributed by atoms with Gasteiger partial charge >= 0.3 is 6.18 Å². The molecule has 168 valence electrons. The fourth-order valence-electron chi connectivity index (χ4n) is 3.22. The molecule has 4 nitrogen and oxygen atoms in total. The SMILES string of the molecule is C=CCN(/N=C(\CC(=C)/C=C\C(=C)F)C1CCC(S(C)(=O)=O)CC1)C(=C)C(F)(F)F. The van der Waals surface area contributed by atoms with Crippen molar-refractivity contribution in [2.45, 2.75) is 43.5 Å². The standard InChI is InChI=1S/C21H28F4N2O2S/c1-6-13-27(17(4)21(23,24)25)26-20(14-15(2)7-8-16(3)22)18-9-11-19(12-10-18)30(5,28)29/h6-8,18-19H,1-4,9-14H2,5H3/b8-7-,26-20+. The molecule has 0 radical (unpaired) electrons. The van der Waals surface area contributed by atoms with Gasteiger partial charge in [-0.15, -0.1) is 6.58 Å². The summed E-state index contributed by atoms with van der Waals surface area (Å²) in [6, 6.07) is 0. The molecule has 0 aromatic rings. The van der Waals surface area contributed by atoms with Crippen LogP contribution in [0.5, 0.6) is 0 Å². The van der Waals surface area contributed by atoms with Crippen molar-refractivity contribution in [3.8, 4) is 0 Å². The number of hydrogen-bond acceptors (Lipinski definition) is 4. The Balaban J connectivity index is 3.20. The summed E-state index contributed by atoms with van der Waals surface area (Å²) in [7, 11) is -3.19. The molecule has 1 aliphatic carbocycles. The molecule has 0 N–H and O–H groups in total. The Hall–Kier alpha value is -2.16. The Morgan fingerprint density at radius 2 is 1.70 bits per heavy atom. The minimum absolute atomic E-state index is 0.108. The Morgan fingerprint density at radius 1 is 1.13 bits per heavy atom. The highest BCUT2D eigenvalue weighted by Gasteiger charge is 2.37. The van der Waals surface area contributed by atoms with Crippen LogP contribution in [0.25, 0.3) is 0 Å². The molecule has 0 saturated heterocycles.